The highest BCUT2D eigenvalue weighted by Crippen LogP contribution is 2.28. The molecular weight excluding hydrogens is 379 g/mol. The molecule has 0 aliphatic rings. The Balaban J connectivity index is 2.98. The maximum Gasteiger partial charge on any atom is 0.341 e. The molecule has 0 atom stereocenters. The minimum atomic E-state index is -4.10. The number of benzene rings is 1. The smallest absolute Gasteiger partial charge is 0.341 e. The molecule has 9 heteroatoms. The van der Waals surface area contributed by atoms with Gasteiger partial charge in [-0.1, -0.05) is 0 Å². The molecule has 1 aromatic carbocycles. The Kier molecular flexibility index (Phi) is 6.38. The molecule has 0 spiro atoms. The molecule has 1 rings (SSSR count). The lowest BCUT2D eigenvalue weighted by atomic mass is 10.2. The molecule has 0 saturated carbocycles. The van der Waals surface area contributed by atoms with Gasteiger partial charge in [0.1, 0.15) is 5.82 Å². The fourth-order valence-electron chi connectivity index (χ4n) is 1.32. The Morgan fingerprint density at radius 1 is 1.40 bits per heavy atom. The SMILES string of the molecule is COCCCOC(=O)c1cc(S(=O)(=O)Cl)c(Br)cc1F. The summed E-state index contributed by atoms with van der Waals surface area (Å²) in [4.78, 5) is 11.3. The molecule has 0 aliphatic heterocycles. The van der Waals surface area contributed by atoms with Crippen molar-refractivity contribution in [3.8, 4) is 0 Å². The molecule has 0 unspecified atom stereocenters. The number of hydrogen-bond acceptors (Lipinski definition) is 5. The monoisotopic (exact) mass is 388 g/mol. The molecule has 0 N–H and O–H groups in total. The van der Waals surface area contributed by atoms with Crippen LogP contribution in [0.5, 0.6) is 0 Å². The molecule has 0 heterocycles. The van der Waals surface area contributed by atoms with E-state index in [4.69, 9.17) is 20.2 Å². The summed E-state index contributed by atoms with van der Waals surface area (Å²) in [6, 6.07) is 1.68. The lowest BCUT2D eigenvalue weighted by molar-refractivity contribution is 0.0463. The second-order valence-corrected chi connectivity index (χ2v) is 7.07. The van der Waals surface area contributed by atoms with Crippen LogP contribution in [0.15, 0.2) is 21.5 Å². The lowest BCUT2D eigenvalue weighted by Crippen LogP contribution is -2.11. The summed E-state index contributed by atoms with van der Waals surface area (Å²) in [5.74, 6) is -1.87. The Hall–Kier alpha value is -0.700. The lowest BCUT2D eigenvalue weighted by Gasteiger charge is -2.08. The molecule has 0 aromatic heterocycles. The summed E-state index contributed by atoms with van der Waals surface area (Å²) in [7, 11) is 2.58. The van der Waals surface area contributed by atoms with Crippen molar-refractivity contribution in [3.63, 3.8) is 0 Å². The highest BCUT2D eigenvalue weighted by atomic mass is 79.9. The van der Waals surface area contributed by atoms with E-state index in [9.17, 15) is 17.6 Å². The zero-order valence-corrected chi connectivity index (χ0v) is 13.5. The first-order valence-electron chi connectivity index (χ1n) is 5.37. The van der Waals surface area contributed by atoms with Crippen molar-refractivity contribution in [1.29, 1.82) is 0 Å². The van der Waals surface area contributed by atoms with E-state index in [1.807, 2.05) is 0 Å². The number of halogens is 3. The van der Waals surface area contributed by atoms with Gasteiger partial charge in [-0.25, -0.2) is 17.6 Å². The highest BCUT2D eigenvalue weighted by molar-refractivity contribution is 9.10. The second kappa shape index (κ2) is 7.35. The summed E-state index contributed by atoms with van der Waals surface area (Å²) in [5.41, 5.74) is -0.496. The summed E-state index contributed by atoms with van der Waals surface area (Å²) in [5, 5.41) is 0. The Morgan fingerprint density at radius 3 is 2.60 bits per heavy atom. The predicted octanol–water partition coefficient (Wildman–Crippen LogP) is 2.71. The minimum Gasteiger partial charge on any atom is -0.462 e. The molecular formula is C11H11BrClFO5S. The number of esters is 1. The topological polar surface area (TPSA) is 69.7 Å². The van der Waals surface area contributed by atoms with Crippen molar-refractivity contribution in [2.24, 2.45) is 0 Å². The maximum atomic E-state index is 13.7. The fraction of sp³-hybridized carbons (Fsp3) is 0.364. The van der Waals surface area contributed by atoms with Gasteiger partial charge in [0.15, 0.2) is 0 Å². The molecule has 0 saturated heterocycles. The number of hydrogen-bond donors (Lipinski definition) is 0. The maximum absolute atomic E-state index is 13.7. The van der Waals surface area contributed by atoms with Crippen LogP contribution in [0.4, 0.5) is 4.39 Å². The number of ether oxygens (including phenoxy) is 2. The average molecular weight is 390 g/mol. The van der Waals surface area contributed by atoms with Crippen LogP contribution in [-0.4, -0.2) is 34.7 Å². The van der Waals surface area contributed by atoms with Gasteiger partial charge in [-0.3, -0.25) is 0 Å². The van der Waals surface area contributed by atoms with Crippen molar-refractivity contribution < 1.29 is 27.1 Å². The van der Waals surface area contributed by atoms with Crippen LogP contribution in [0, 0.1) is 5.82 Å². The van der Waals surface area contributed by atoms with E-state index < -0.39 is 31.3 Å². The molecule has 0 amide bonds. The first-order chi connectivity index (χ1) is 9.27. The third-order valence-electron chi connectivity index (χ3n) is 2.23. The molecule has 112 valence electrons. The number of carbonyl (C=O) groups excluding carboxylic acids is 1. The van der Waals surface area contributed by atoms with Crippen LogP contribution in [0.25, 0.3) is 0 Å². The van der Waals surface area contributed by atoms with Gasteiger partial charge in [0, 0.05) is 35.3 Å². The van der Waals surface area contributed by atoms with Crippen molar-refractivity contribution in [1.82, 2.24) is 0 Å². The van der Waals surface area contributed by atoms with Crippen LogP contribution in [0.2, 0.25) is 0 Å². The standard InChI is InChI=1S/C11H11BrClFO5S/c1-18-3-2-4-19-11(15)7-5-10(20(13,16)17)8(12)6-9(7)14/h5-6H,2-4H2,1H3. The number of methoxy groups -OCH3 is 1. The Morgan fingerprint density at radius 2 is 2.05 bits per heavy atom. The Bertz CT molecular complexity index is 605. The summed E-state index contributed by atoms with van der Waals surface area (Å²) < 4.78 is 45.7. The quantitative estimate of drug-likeness (QED) is 0.425. The summed E-state index contributed by atoms with van der Waals surface area (Å²) in [6.45, 7) is 0.419. The fourth-order valence-corrected chi connectivity index (χ4v) is 3.49. The van der Waals surface area contributed by atoms with Crippen molar-refractivity contribution in [3.05, 3.63) is 28.0 Å². The van der Waals surface area contributed by atoms with Crippen LogP contribution in [0.1, 0.15) is 16.8 Å². The van der Waals surface area contributed by atoms with Crippen molar-refractivity contribution in [2.75, 3.05) is 20.3 Å². The molecule has 0 bridgehead atoms. The van der Waals surface area contributed by atoms with Gasteiger partial charge in [-0.2, -0.15) is 0 Å². The van der Waals surface area contributed by atoms with E-state index in [1.165, 1.54) is 7.11 Å². The minimum absolute atomic E-state index is 0.0329. The zero-order valence-electron chi connectivity index (χ0n) is 10.4. The number of rotatable bonds is 6. The van der Waals surface area contributed by atoms with E-state index in [0.29, 0.717) is 13.0 Å². The Labute approximate surface area is 128 Å². The molecule has 0 aliphatic carbocycles. The first kappa shape index (κ1) is 17.4. The number of carbonyl (C=O) groups is 1. The van der Waals surface area contributed by atoms with Crippen molar-refractivity contribution in [2.45, 2.75) is 11.3 Å². The van der Waals surface area contributed by atoms with E-state index in [1.54, 1.807) is 0 Å². The molecule has 20 heavy (non-hydrogen) atoms. The third kappa shape index (κ3) is 4.69. The second-order valence-electron chi connectivity index (χ2n) is 3.68. The molecule has 0 radical (unpaired) electrons. The van der Waals surface area contributed by atoms with Gasteiger partial charge in [0.25, 0.3) is 9.05 Å². The van der Waals surface area contributed by atoms with Gasteiger partial charge < -0.3 is 9.47 Å². The first-order valence-corrected chi connectivity index (χ1v) is 8.47. The predicted molar refractivity (Wildman–Crippen MR) is 73.9 cm³/mol. The van der Waals surface area contributed by atoms with E-state index in [-0.39, 0.29) is 11.1 Å². The molecule has 5 nitrogen and oxygen atoms in total. The largest absolute Gasteiger partial charge is 0.462 e. The van der Waals surface area contributed by atoms with Crippen LogP contribution in [0.3, 0.4) is 0 Å². The van der Waals surface area contributed by atoms with Gasteiger partial charge >= 0.3 is 5.97 Å². The van der Waals surface area contributed by atoms with Gasteiger partial charge in [-0.05, 0) is 28.1 Å². The average Bonchev–Trinajstić information content (AvgIpc) is 2.32. The van der Waals surface area contributed by atoms with E-state index in [2.05, 4.69) is 15.9 Å². The van der Waals surface area contributed by atoms with Crippen molar-refractivity contribution >= 4 is 41.6 Å². The van der Waals surface area contributed by atoms with Gasteiger partial charge in [-0.15, -0.1) is 0 Å². The highest BCUT2D eigenvalue weighted by Gasteiger charge is 2.22. The van der Waals surface area contributed by atoms with Crippen LogP contribution < -0.4 is 0 Å². The molecule has 1 aromatic rings. The molecule has 0 fully saturated rings. The van der Waals surface area contributed by atoms with Gasteiger partial charge in [0.2, 0.25) is 0 Å². The van der Waals surface area contributed by atoms with E-state index in [0.717, 1.165) is 12.1 Å². The summed E-state index contributed by atoms with van der Waals surface area (Å²) >= 11 is 2.87. The normalized spacial score (nSPS) is 11.4. The summed E-state index contributed by atoms with van der Waals surface area (Å²) in [6.07, 6.45) is 0.445. The van der Waals surface area contributed by atoms with Crippen LogP contribution >= 0.6 is 26.6 Å². The third-order valence-corrected chi connectivity index (χ3v) is 4.51. The van der Waals surface area contributed by atoms with E-state index >= 15 is 0 Å². The van der Waals surface area contributed by atoms with Crippen LogP contribution in [-0.2, 0) is 18.5 Å². The zero-order chi connectivity index (χ0) is 15.3. The van der Waals surface area contributed by atoms with Gasteiger partial charge in [0.05, 0.1) is 17.1 Å².